The van der Waals surface area contributed by atoms with Crippen LogP contribution in [-0.2, 0) is 4.79 Å². The molecule has 1 aliphatic heterocycles. The van der Waals surface area contributed by atoms with Crippen molar-refractivity contribution >= 4 is 5.91 Å². The van der Waals surface area contributed by atoms with Gasteiger partial charge in [0, 0.05) is 11.6 Å². The van der Waals surface area contributed by atoms with Crippen LogP contribution in [-0.4, -0.2) is 17.1 Å². The second-order valence-corrected chi connectivity index (χ2v) is 3.22. The summed E-state index contributed by atoms with van der Waals surface area (Å²) >= 11 is 0. The van der Waals surface area contributed by atoms with E-state index < -0.39 is 6.10 Å². The van der Waals surface area contributed by atoms with Gasteiger partial charge in [-0.1, -0.05) is 12.2 Å². The van der Waals surface area contributed by atoms with Gasteiger partial charge in [0.05, 0.1) is 0 Å². The molecule has 2 rings (SSSR count). The second-order valence-electron chi connectivity index (χ2n) is 3.22. The van der Waals surface area contributed by atoms with Crippen LogP contribution in [0.3, 0.4) is 0 Å². The predicted molar refractivity (Wildman–Crippen MR) is 44.1 cm³/mol. The Hall–Kier alpha value is -1.09. The van der Waals surface area contributed by atoms with E-state index in [1.165, 1.54) is 0 Å². The van der Waals surface area contributed by atoms with E-state index in [-0.39, 0.29) is 5.91 Å². The van der Waals surface area contributed by atoms with Gasteiger partial charge in [0.2, 0.25) is 0 Å². The molecule has 64 valence electrons. The molecule has 2 N–H and O–H groups in total. The molecule has 0 bridgehead atoms. The molecular weight excluding hydrogens is 154 g/mol. The predicted octanol–water partition coefficient (Wildman–Crippen LogP) is 0.327. The first-order valence-corrected chi connectivity index (χ1v) is 4.13. The number of aliphatic hydroxyl groups excluding tert-OH is 1. The number of hydrogen-bond donors (Lipinski definition) is 2. The number of carbonyl (C=O) groups is 1. The average Bonchev–Trinajstić information content (AvgIpc) is 2.07. The fourth-order valence-corrected chi connectivity index (χ4v) is 1.65. The summed E-state index contributed by atoms with van der Waals surface area (Å²) < 4.78 is 0. The van der Waals surface area contributed by atoms with Gasteiger partial charge in [-0.25, -0.2) is 0 Å². The first kappa shape index (κ1) is 7.55. The zero-order chi connectivity index (χ0) is 8.55. The monoisotopic (exact) mass is 165 g/mol. The fraction of sp³-hybridized carbons (Fsp3) is 0.444. The molecule has 1 aliphatic carbocycles. The third kappa shape index (κ3) is 1.16. The van der Waals surface area contributed by atoms with Crippen molar-refractivity contribution in [2.45, 2.75) is 18.9 Å². The minimum atomic E-state index is -0.821. The summed E-state index contributed by atoms with van der Waals surface area (Å²) in [4.78, 5) is 11.0. The van der Waals surface area contributed by atoms with Crippen LogP contribution in [0.15, 0.2) is 23.9 Å². The molecule has 0 radical (unpaired) electrons. The van der Waals surface area contributed by atoms with Crippen LogP contribution in [0.25, 0.3) is 0 Å². The normalized spacial score (nSPS) is 33.8. The van der Waals surface area contributed by atoms with Gasteiger partial charge in [-0.15, -0.1) is 0 Å². The molecule has 0 aromatic carbocycles. The van der Waals surface area contributed by atoms with Gasteiger partial charge in [0.1, 0.15) is 6.10 Å². The van der Waals surface area contributed by atoms with Crippen LogP contribution in [0.4, 0.5) is 0 Å². The second kappa shape index (κ2) is 2.75. The quantitative estimate of drug-likeness (QED) is 0.543. The van der Waals surface area contributed by atoms with Crippen molar-refractivity contribution in [1.29, 1.82) is 0 Å². The van der Waals surface area contributed by atoms with Crippen molar-refractivity contribution in [1.82, 2.24) is 5.32 Å². The van der Waals surface area contributed by atoms with Crippen molar-refractivity contribution in [3.05, 3.63) is 23.9 Å². The summed E-state index contributed by atoms with van der Waals surface area (Å²) in [7, 11) is 0. The lowest BCUT2D eigenvalue weighted by Gasteiger charge is -2.29. The number of carbonyl (C=O) groups excluding carboxylic acids is 1. The topological polar surface area (TPSA) is 49.3 Å². The smallest absolute Gasteiger partial charge is 0.252 e. The van der Waals surface area contributed by atoms with Crippen LogP contribution >= 0.6 is 0 Å². The van der Waals surface area contributed by atoms with E-state index >= 15 is 0 Å². The van der Waals surface area contributed by atoms with E-state index in [0.717, 1.165) is 12.1 Å². The molecule has 1 saturated heterocycles. The van der Waals surface area contributed by atoms with Gasteiger partial charge in [-0.3, -0.25) is 4.79 Å². The first-order chi connectivity index (χ1) is 5.77. The number of rotatable bonds is 0. The summed E-state index contributed by atoms with van der Waals surface area (Å²) in [5, 5.41) is 11.9. The fourth-order valence-electron chi connectivity index (χ4n) is 1.65. The lowest BCUT2D eigenvalue weighted by atomic mass is 9.88. The Morgan fingerprint density at radius 3 is 3.25 bits per heavy atom. The van der Waals surface area contributed by atoms with Crippen LogP contribution in [0.2, 0.25) is 0 Å². The number of aliphatic hydroxyl groups is 1. The maximum Gasteiger partial charge on any atom is 0.252 e. The van der Waals surface area contributed by atoms with Gasteiger partial charge < -0.3 is 10.4 Å². The highest BCUT2D eigenvalue weighted by Crippen LogP contribution is 2.26. The standard InChI is InChI=1S/C9H11NO2/c11-8-5-6-3-1-2-4-7(6)10-9(8)12/h1-2,4,6,8,11H,3,5H2,(H,10,12). The number of amides is 1. The molecule has 1 fully saturated rings. The van der Waals surface area contributed by atoms with Gasteiger partial charge >= 0.3 is 0 Å². The Morgan fingerprint density at radius 1 is 1.58 bits per heavy atom. The molecule has 0 aromatic heterocycles. The van der Waals surface area contributed by atoms with Crippen molar-refractivity contribution in [3.8, 4) is 0 Å². The maximum atomic E-state index is 11.0. The summed E-state index contributed by atoms with van der Waals surface area (Å²) in [5.41, 5.74) is 0.952. The van der Waals surface area contributed by atoms with E-state index in [0.29, 0.717) is 12.3 Å². The zero-order valence-electron chi connectivity index (χ0n) is 6.66. The molecule has 12 heavy (non-hydrogen) atoms. The SMILES string of the molecule is O=C1NC2=CC=CCC2CC1O. The number of allylic oxidation sites excluding steroid dienone is 4. The van der Waals surface area contributed by atoms with Crippen LogP contribution < -0.4 is 5.32 Å². The average molecular weight is 165 g/mol. The Morgan fingerprint density at radius 2 is 2.42 bits per heavy atom. The van der Waals surface area contributed by atoms with Crippen molar-refractivity contribution in [3.63, 3.8) is 0 Å². The molecule has 3 nitrogen and oxygen atoms in total. The molecule has 1 heterocycles. The molecule has 1 amide bonds. The first-order valence-electron chi connectivity index (χ1n) is 4.13. The summed E-state index contributed by atoms with van der Waals surface area (Å²) in [6, 6.07) is 0. The number of nitrogens with one attached hydrogen (secondary N) is 1. The number of piperidine rings is 1. The Labute approximate surface area is 70.8 Å². The van der Waals surface area contributed by atoms with Crippen molar-refractivity contribution < 1.29 is 9.90 Å². The Balaban J connectivity index is 2.19. The summed E-state index contributed by atoms with van der Waals surface area (Å²) in [6.45, 7) is 0. The van der Waals surface area contributed by atoms with Gasteiger partial charge in [0.15, 0.2) is 0 Å². The molecular formula is C9H11NO2. The zero-order valence-corrected chi connectivity index (χ0v) is 6.66. The Bertz CT molecular complexity index is 268. The highest BCUT2D eigenvalue weighted by molar-refractivity contribution is 5.83. The number of hydrogen-bond acceptors (Lipinski definition) is 2. The molecule has 2 atom stereocenters. The Kier molecular flexibility index (Phi) is 1.73. The number of fused-ring (bicyclic) bond motifs is 1. The van der Waals surface area contributed by atoms with E-state index in [9.17, 15) is 9.90 Å². The van der Waals surface area contributed by atoms with E-state index in [1.54, 1.807) is 0 Å². The summed E-state index contributed by atoms with van der Waals surface area (Å²) in [5.74, 6) is 0.0375. The van der Waals surface area contributed by atoms with Gasteiger partial charge in [-0.05, 0) is 18.9 Å². The summed E-state index contributed by atoms with van der Waals surface area (Å²) in [6.07, 6.45) is 6.55. The molecule has 0 spiro atoms. The minimum Gasteiger partial charge on any atom is -0.383 e. The van der Waals surface area contributed by atoms with Crippen LogP contribution in [0, 0.1) is 5.92 Å². The van der Waals surface area contributed by atoms with Crippen LogP contribution in [0.1, 0.15) is 12.8 Å². The molecule has 0 saturated carbocycles. The minimum absolute atomic E-state index is 0.271. The van der Waals surface area contributed by atoms with Gasteiger partial charge in [-0.2, -0.15) is 0 Å². The molecule has 2 unspecified atom stereocenters. The highest BCUT2D eigenvalue weighted by Gasteiger charge is 2.30. The molecule has 2 aliphatic rings. The largest absolute Gasteiger partial charge is 0.383 e. The third-order valence-corrected chi connectivity index (χ3v) is 2.35. The maximum absolute atomic E-state index is 11.0. The van der Waals surface area contributed by atoms with E-state index in [1.807, 2.05) is 12.2 Å². The van der Waals surface area contributed by atoms with Gasteiger partial charge in [0.25, 0.3) is 5.91 Å². The highest BCUT2D eigenvalue weighted by atomic mass is 16.3. The molecule has 0 aromatic rings. The van der Waals surface area contributed by atoms with E-state index in [2.05, 4.69) is 11.4 Å². The van der Waals surface area contributed by atoms with E-state index in [4.69, 9.17) is 0 Å². The van der Waals surface area contributed by atoms with Crippen molar-refractivity contribution in [2.24, 2.45) is 5.92 Å². The van der Waals surface area contributed by atoms with Crippen molar-refractivity contribution in [2.75, 3.05) is 0 Å². The lowest BCUT2D eigenvalue weighted by Crippen LogP contribution is -2.43. The molecule has 3 heteroatoms. The third-order valence-electron chi connectivity index (χ3n) is 2.35. The lowest BCUT2D eigenvalue weighted by molar-refractivity contribution is -0.131. The van der Waals surface area contributed by atoms with Crippen LogP contribution in [0.5, 0.6) is 0 Å².